The summed E-state index contributed by atoms with van der Waals surface area (Å²) in [5, 5.41) is 13.8. The third-order valence-electron chi connectivity index (χ3n) is 6.26. The minimum Gasteiger partial charge on any atom is -0.355 e. The highest BCUT2D eigenvalue weighted by molar-refractivity contribution is 5.46. The Morgan fingerprint density at radius 2 is 1.86 bits per heavy atom. The molecule has 0 aliphatic carbocycles. The number of aryl methyl sites for hydroxylation is 1. The number of aromatic nitrogens is 6. The quantitative estimate of drug-likeness (QED) is 0.673. The molecular weight excluding hydrogens is 352 g/mol. The molecule has 8 nitrogen and oxygen atoms in total. The van der Waals surface area contributed by atoms with Crippen molar-refractivity contribution in [1.82, 2.24) is 34.3 Å². The maximum absolute atomic E-state index is 4.89. The van der Waals surface area contributed by atoms with Gasteiger partial charge >= 0.3 is 0 Å². The van der Waals surface area contributed by atoms with Crippen molar-refractivity contribution in [1.29, 1.82) is 0 Å². The standard InChI is InChI=1S/C20H28N8/c1-25-15-21-14-17(25)8-13-26-11-6-16(7-12-26)20-23-22-18-4-5-19(24-28(18)20)27-9-2-3-10-27/h4-5,14-16H,2-3,6-13H2,1H3. The van der Waals surface area contributed by atoms with E-state index < -0.39 is 0 Å². The molecule has 2 aliphatic rings. The van der Waals surface area contributed by atoms with Gasteiger partial charge in [0, 0.05) is 50.9 Å². The van der Waals surface area contributed by atoms with Gasteiger partial charge in [-0.2, -0.15) is 4.52 Å². The highest BCUT2D eigenvalue weighted by atomic mass is 15.4. The Morgan fingerprint density at radius 3 is 2.61 bits per heavy atom. The minimum atomic E-state index is 0.435. The summed E-state index contributed by atoms with van der Waals surface area (Å²) in [5.74, 6) is 2.52. The van der Waals surface area contributed by atoms with Crippen LogP contribution in [0.25, 0.3) is 5.65 Å². The van der Waals surface area contributed by atoms with Crippen molar-refractivity contribution in [2.24, 2.45) is 7.05 Å². The predicted molar refractivity (Wildman–Crippen MR) is 108 cm³/mol. The Hall–Kier alpha value is -2.48. The molecule has 0 unspecified atom stereocenters. The van der Waals surface area contributed by atoms with Crippen LogP contribution in [0.5, 0.6) is 0 Å². The number of nitrogens with zero attached hydrogens (tertiary/aromatic N) is 8. The number of fused-ring (bicyclic) bond motifs is 1. The molecule has 2 saturated heterocycles. The van der Waals surface area contributed by atoms with E-state index in [4.69, 9.17) is 5.10 Å². The van der Waals surface area contributed by atoms with Crippen molar-refractivity contribution < 1.29 is 0 Å². The van der Waals surface area contributed by atoms with Crippen LogP contribution in [0.4, 0.5) is 5.82 Å². The number of hydrogen-bond acceptors (Lipinski definition) is 6. The fourth-order valence-corrected chi connectivity index (χ4v) is 4.48. The Balaban J connectivity index is 1.25. The van der Waals surface area contributed by atoms with Crippen molar-refractivity contribution in [3.05, 3.63) is 36.2 Å². The number of anilines is 1. The Labute approximate surface area is 165 Å². The zero-order valence-electron chi connectivity index (χ0n) is 16.5. The van der Waals surface area contributed by atoms with Crippen LogP contribution in [0.1, 0.15) is 43.1 Å². The number of hydrogen-bond donors (Lipinski definition) is 0. The second kappa shape index (κ2) is 7.50. The van der Waals surface area contributed by atoms with Crippen molar-refractivity contribution >= 4 is 11.5 Å². The topological polar surface area (TPSA) is 67.4 Å². The predicted octanol–water partition coefficient (Wildman–Crippen LogP) is 1.88. The average molecular weight is 381 g/mol. The molecule has 3 aromatic heterocycles. The van der Waals surface area contributed by atoms with Gasteiger partial charge in [-0.3, -0.25) is 0 Å². The summed E-state index contributed by atoms with van der Waals surface area (Å²) in [6, 6.07) is 4.14. The number of likely N-dealkylation sites (tertiary alicyclic amines) is 1. The van der Waals surface area contributed by atoms with Gasteiger partial charge in [-0.15, -0.1) is 15.3 Å². The lowest BCUT2D eigenvalue weighted by atomic mass is 9.96. The van der Waals surface area contributed by atoms with E-state index >= 15 is 0 Å². The Bertz CT molecular complexity index is 931. The van der Waals surface area contributed by atoms with E-state index in [-0.39, 0.29) is 0 Å². The van der Waals surface area contributed by atoms with Crippen molar-refractivity contribution in [2.75, 3.05) is 37.6 Å². The minimum absolute atomic E-state index is 0.435. The zero-order valence-corrected chi connectivity index (χ0v) is 16.5. The van der Waals surface area contributed by atoms with E-state index in [9.17, 15) is 0 Å². The molecule has 28 heavy (non-hydrogen) atoms. The number of piperidine rings is 1. The van der Waals surface area contributed by atoms with Gasteiger partial charge in [0.15, 0.2) is 11.5 Å². The first-order chi connectivity index (χ1) is 13.8. The van der Waals surface area contributed by atoms with Crippen LogP contribution >= 0.6 is 0 Å². The largest absolute Gasteiger partial charge is 0.355 e. The van der Waals surface area contributed by atoms with Crippen molar-refractivity contribution in [3.8, 4) is 0 Å². The first kappa shape index (κ1) is 17.6. The molecule has 8 heteroatoms. The molecule has 2 aliphatic heterocycles. The molecule has 5 heterocycles. The summed E-state index contributed by atoms with van der Waals surface area (Å²) in [5.41, 5.74) is 2.15. The van der Waals surface area contributed by atoms with Gasteiger partial charge in [0.25, 0.3) is 0 Å². The first-order valence-corrected chi connectivity index (χ1v) is 10.4. The van der Waals surface area contributed by atoms with Crippen LogP contribution in [0.15, 0.2) is 24.7 Å². The highest BCUT2D eigenvalue weighted by Gasteiger charge is 2.25. The fraction of sp³-hybridized carbons (Fsp3) is 0.600. The van der Waals surface area contributed by atoms with Crippen LogP contribution < -0.4 is 4.90 Å². The molecule has 3 aromatic rings. The van der Waals surface area contributed by atoms with Crippen LogP contribution in [-0.4, -0.2) is 67.0 Å². The molecule has 0 atom stereocenters. The Kier molecular flexibility index (Phi) is 4.72. The van der Waals surface area contributed by atoms with Crippen molar-refractivity contribution in [3.63, 3.8) is 0 Å². The summed E-state index contributed by atoms with van der Waals surface area (Å²) >= 11 is 0. The lowest BCUT2D eigenvalue weighted by molar-refractivity contribution is 0.209. The number of rotatable bonds is 5. The molecule has 0 saturated carbocycles. The van der Waals surface area contributed by atoms with Gasteiger partial charge in [-0.1, -0.05) is 0 Å². The molecule has 0 radical (unpaired) electrons. The number of imidazole rings is 1. The molecule has 0 amide bonds. The van der Waals surface area contributed by atoms with E-state index in [2.05, 4.69) is 48.7 Å². The molecule has 0 N–H and O–H groups in total. The van der Waals surface area contributed by atoms with Crippen LogP contribution in [0, 0.1) is 0 Å². The Morgan fingerprint density at radius 1 is 1.04 bits per heavy atom. The molecule has 2 fully saturated rings. The third-order valence-corrected chi connectivity index (χ3v) is 6.26. The van der Waals surface area contributed by atoms with Crippen LogP contribution in [-0.2, 0) is 13.5 Å². The molecule has 0 aromatic carbocycles. The van der Waals surface area contributed by atoms with E-state index in [0.717, 1.165) is 69.3 Å². The normalized spacial score (nSPS) is 19.1. The summed E-state index contributed by atoms with van der Waals surface area (Å²) in [6.07, 6.45) is 9.64. The van der Waals surface area contributed by atoms with E-state index in [0.29, 0.717) is 5.92 Å². The molecule has 5 rings (SSSR count). The van der Waals surface area contributed by atoms with E-state index in [1.54, 1.807) is 0 Å². The summed E-state index contributed by atoms with van der Waals surface area (Å²) in [6.45, 7) is 5.49. The highest BCUT2D eigenvalue weighted by Crippen LogP contribution is 2.27. The first-order valence-electron chi connectivity index (χ1n) is 10.4. The SMILES string of the molecule is Cn1cncc1CCN1CCC(c2nnc3ccc(N4CCCC4)nn23)CC1. The lowest BCUT2D eigenvalue weighted by Crippen LogP contribution is -2.35. The van der Waals surface area contributed by atoms with Gasteiger partial charge in [0.05, 0.1) is 6.33 Å². The fourth-order valence-electron chi connectivity index (χ4n) is 4.48. The monoisotopic (exact) mass is 380 g/mol. The lowest BCUT2D eigenvalue weighted by Gasteiger charge is -2.31. The van der Waals surface area contributed by atoms with Crippen LogP contribution in [0.2, 0.25) is 0 Å². The van der Waals surface area contributed by atoms with E-state index in [1.165, 1.54) is 18.5 Å². The second-order valence-corrected chi connectivity index (χ2v) is 8.08. The van der Waals surface area contributed by atoms with Gasteiger partial charge in [-0.25, -0.2) is 4.98 Å². The van der Waals surface area contributed by atoms with Gasteiger partial charge < -0.3 is 14.4 Å². The van der Waals surface area contributed by atoms with Crippen molar-refractivity contribution in [2.45, 2.75) is 38.0 Å². The second-order valence-electron chi connectivity index (χ2n) is 8.08. The van der Waals surface area contributed by atoms with Gasteiger partial charge in [0.1, 0.15) is 5.82 Å². The third kappa shape index (κ3) is 3.37. The van der Waals surface area contributed by atoms with Gasteiger partial charge in [0.2, 0.25) is 0 Å². The summed E-state index contributed by atoms with van der Waals surface area (Å²) < 4.78 is 4.10. The van der Waals surface area contributed by atoms with Gasteiger partial charge in [-0.05, 0) is 50.9 Å². The smallest absolute Gasteiger partial charge is 0.178 e. The summed E-state index contributed by atoms with van der Waals surface area (Å²) in [4.78, 5) is 9.13. The zero-order chi connectivity index (χ0) is 18.9. The molecule has 148 valence electrons. The summed E-state index contributed by atoms with van der Waals surface area (Å²) in [7, 11) is 2.06. The molecule has 0 spiro atoms. The maximum atomic E-state index is 4.89. The molecule has 0 bridgehead atoms. The van der Waals surface area contributed by atoms with Crippen LogP contribution in [0.3, 0.4) is 0 Å². The van der Waals surface area contributed by atoms with E-state index in [1.807, 2.05) is 17.0 Å². The average Bonchev–Trinajstić information content (AvgIpc) is 3.47. The molecular formula is C20H28N8. The maximum Gasteiger partial charge on any atom is 0.178 e.